The van der Waals surface area contributed by atoms with Crippen LogP contribution in [0, 0.1) is 16.7 Å². The van der Waals surface area contributed by atoms with Gasteiger partial charge in [-0.2, -0.15) is 5.26 Å². The number of allylic oxidation sites excluding steroid dienone is 1. The predicted octanol–water partition coefficient (Wildman–Crippen LogP) is 2.45. The molecule has 0 spiro atoms. The fraction of sp³-hybridized carbons (Fsp3) is 0.393. The van der Waals surface area contributed by atoms with Crippen molar-refractivity contribution in [3.8, 4) is 17.2 Å². The topological polar surface area (TPSA) is 152 Å². The third-order valence-electron chi connectivity index (χ3n) is 5.92. The van der Waals surface area contributed by atoms with Crippen LogP contribution in [0.15, 0.2) is 59.5 Å². The second kappa shape index (κ2) is 12.6. The fourth-order valence-corrected chi connectivity index (χ4v) is 5.07. The van der Waals surface area contributed by atoms with Gasteiger partial charge in [0.25, 0.3) is 5.91 Å². The summed E-state index contributed by atoms with van der Waals surface area (Å²) < 4.78 is 5.14. The lowest BCUT2D eigenvalue weighted by Crippen LogP contribution is -2.55. The second-order valence-electron chi connectivity index (χ2n) is 10.1. The molecule has 0 radical (unpaired) electrons. The summed E-state index contributed by atoms with van der Waals surface area (Å²) in [4.78, 5) is 26.8. The van der Waals surface area contributed by atoms with Crippen LogP contribution >= 0.6 is 11.8 Å². The maximum Gasteiger partial charge on any atom is 0.252 e. The van der Waals surface area contributed by atoms with Crippen molar-refractivity contribution in [2.45, 2.75) is 56.1 Å². The van der Waals surface area contributed by atoms with E-state index in [1.165, 1.54) is 24.9 Å². The summed E-state index contributed by atoms with van der Waals surface area (Å²) in [6.45, 7) is 5.72. The van der Waals surface area contributed by atoms with Gasteiger partial charge in [-0.25, -0.2) is 0 Å². The number of aliphatic hydroxyl groups is 3. The van der Waals surface area contributed by atoms with Gasteiger partial charge in [0.15, 0.2) is 6.10 Å². The Labute approximate surface area is 226 Å². The van der Waals surface area contributed by atoms with Gasteiger partial charge < -0.3 is 30.7 Å². The molecule has 0 aromatic heterocycles. The molecule has 9 nitrogen and oxygen atoms in total. The van der Waals surface area contributed by atoms with Crippen molar-refractivity contribution in [3.63, 3.8) is 0 Å². The third kappa shape index (κ3) is 7.22. The molecule has 5 atom stereocenters. The van der Waals surface area contributed by atoms with Crippen molar-refractivity contribution >= 4 is 29.3 Å². The van der Waals surface area contributed by atoms with Crippen molar-refractivity contribution in [2.75, 3.05) is 18.2 Å². The minimum atomic E-state index is -1.75. The summed E-state index contributed by atoms with van der Waals surface area (Å²) in [5.74, 6) is -1.07. The van der Waals surface area contributed by atoms with Crippen LogP contribution in [-0.2, 0) is 14.3 Å². The number of methoxy groups -OCH3 is 1. The minimum absolute atomic E-state index is 0.186. The molecule has 0 saturated heterocycles. The number of nitrogens with one attached hydrogen (secondary N) is 2. The van der Waals surface area contributed by atoms with E-state index in [9.17, 15) is 30.2 Å². The number of ether oxygens (including phenoxy) is 1. The van der Waals surface area contributed by atoms with E-state index in [4.69, 9.17) is 4.74 Å². The van der Waals surface area contributed by atoms with Crippen molar-refractivity contribution < 1.29 is 29.6 Å². The predicted molar refractivity (Wildman–Crippen MR) is 145 cm³/mol. The number of thioether (sulfide) groups is 1. The molecule has 0 saturated carbocycles. The largest absolute Gasteiger partial charge is 0.387 e. The van der Waals surface area contributed by atoms with E-state index in [2.05, 4.69) is 16.7 Å². The van der Waals surface area contributed by atoms with Crippen LogP contribution in [0.3, 0.4) is 0 Å². The number of hydrogen-bond acceptors (Lipinski definition) is 8. The number of fused-ring (bicyclic) bond motifs is 1. The highest BCUT2D eigenvalue weighted by Gasteiger charge is 2.37. The number of nitriles is 1. The van der Waals surface area contributed by atoms with Crippen molar-refractivity contribution in [1.29, 1.82) is 5.26 Å². The zero-order chi connectivity index (χ0) is 28.0. The maximum atomic E-state index is 13.0. The molecule has 202 valence electrons. The van der Waals surface area contributed by atoms with Crippen LogP contribution in [0.1, 0.15) is 26.3 Å². The Bertz CT molecular complexity index is 1240. The molecule has 2 aromatic rings. The van der Waals surface area contributed by atoms with Crippen LogP contribution in [0.5, 0.6) is 0 Å². The number of carbonyl (C=O) groups is 2. The highest BCUT2D eigenvalue weighted by Crippen LogP contribution is 2.39. The molecule has 1 aliphatic rings. The Balaban J connectivity index is 1.74. The lowest BCUT2D eigenvalue weighted by atomic mass is 9.94. The van der Waals surface area contributed by atoms with Crippen LogP contribution in [-0.4, -0.2) is 70.5 Å². The molecule has 10 heteroatoms. The SMILES string of the molecule is CO[C@@H](C(=O)NC1CSc2c(cccc2-c2cccc(C#N)c2)NC1=O)[C@H](O)[C@@H](O)[C@H](O)/C=C/C(C)(C)C. The molecule has 1 aliphatic heterocycles. The zero-order valence-electron chi connectivity index (χ0n) is 21.7. The molecule has 2 aromatic carbocycles. The molecule has 3 rings (SSSR count). The van der Waals surface area contributed by atoms with Gasteiger partial charge >= 0.3 is 0 Å². The lowest BCUT2D eigenvalue weighted by Gasteiger charge is -2.28. The normalized spacial score (nSPS) is 18.9. The third-order valence-corrected chi connectivity index (χ3v) is 7.15. The first kappa shape index (κ1) is 29.4. The lowest BCUT2D eigenvalue weighted by molar-refractivity contribution is -0.150. The molecule has 1 heterocycles. The maximum absolute atomic E-state index is 13.0. The average molecular weight is 540 g/mol. The molecular formula is C28H33N3O6S. The number of amides is 2. The zero-order valence-corrected chi connectivity index (χ0v) is 22.5. The van der Waals surface area contributed by atoms with Gasteiger partial charge in [-0.1, -0.05) is 57.2 Å². The van der Waals surface area contributed by atoms with E-state index in [1.54, 1.807) is 36.4 Å². The first-order valence-corrected chi connectivity index (χ1v) is 13.1. The summed E-state index contributed by atoms with van der Waals surface area (Å²) in [6, 6.07) is 13.8. The number of carbonyl (C=O) groups excluding carboxylic acids is 2. The summed E-state index contributed by atoms with van der Waals surface area (Å²) in [5.41, 5.74) is 2.48. The van der Waals surface area contributed by atoms with Gasteiger partial charge in [-0.3, -0.25) is 9.59 Å². The van der Waals surface area contributed by atoms with Gasteiger partial charge in [-0.05, 0) is 34.7 Å². The molecule has 0 fully saturated rings. The van der Waals surface area contributed by atoms with Gasteiger partial charge in [0.05, 0.1) is 17.3 Å². The number of rotatable bonds is 8. The monoisotopic (exact) mass is 539 g/mol. The smallest absolute Gasteiger partial charge is 0.252 e. The van der Waals surface area contributed by atoms with E-state index in [-0.39, 0.29) is 11.2 Å². The Hall–Kier alpha value is -3.20. The van der Waals surface area contributed by atoms with Gasteiger partial charge in [-0.15, -0.1) is 11.8 Å². The molecule has 1 unspecified atom stereocenters. The summed E-state index contributed by atoms with van der Waals surface area (Å²) in [6.07, 6.45) is -3.37. The van der Waals surface area contributed by atoms with Gasteiger partial charge in [0, 0.05) is 17.8 Å². The fourth-order valence-electron chi connectivity index (χ4n) is 3.88. The molecule has 38 heavy (non-hydrogen) atoms. The van der Waals surface area contributed by atoms with E-state index in [0.29, 0.717) is 11.3 Å². The molecule has 0 aliphatic carbocycles. The van der Waals surface area contributed by atoms with Crippen molar-refractivity contribution in [1.82, 2.24) is 5.32 Å². The summed E-state index contributed by atoms with van der Waals surface area (Å²) in [7, 11) is 1.19. The van der Waals surface area contributed by atoms with E-state index in [0.717, 1.165) is 16.0 Å². The number of benzene rings is 2. The van der Waals surface area contributed by atoms with Crippen molar-refractivity contribution in [3.05, 3.63) is 60.2 Å². The second-order valence-corrected chi connectivity index (χ2v) is 11.1. The minimum Gasteiger partial charge on any atom is -0.387 e. The quantitative estimate of drug-likeness (QED) is 0.321. The summed E-state index contributed by atoms with van der Waals surface area (Å²) in [5, 5.41) is 46.0. The molecule has 5 N–H and O–H groups in total. The number of anilines is 1. The average Bonchev–Trinajstić information content (AvgIpc) is 3.04. The molecule has 2 amide bonds. The Morgan fingerprint density at radius 1 is 1.21 bits per heavy atom. The molecular weight excluding hydrogens is 506 g/mol. The summed E-state index contributed by atoms with van der Waals surface area (Å²) >= 11 is 1.36. The highest BCUT2D eigenvalue weighted by molar-refractivity contribution is 7.99. The standard InChI is InChI=1S/C28H33N3O6S/c1-28(2,3)12-11-21(32)22(33)23(34)24(37-4)27(36)31-20-15-38-25-18(9-6-10-19(25)30-26(20)35)17-8-5-7-16(13-17)14-29/h5-13,20-24,32-34H,15H2,1-4H3,(H,30,35)(H,31,36)/b12-11+/t20?,21-,22+,23-,24-/m1/s1. The van der Waals surface area contributed by atoms with Crippen LogP contribution < -0.4 is 10.6 Å². The van der Waals surface area contributed by atoms with Gasteiger partial charge in [0.2, 0.25) is 5.91 Å². The number of aliphatic hydroxyl groups excluding tert-OH is 3. The number of nitrogens with zero attached hydrogens (tertiary/aromatic N) is 1. The van der Waals surface area contributed by atoms with Crippen LogP contribution in [0.2, 0.25) is 0 Å². The van der Waals surface area contributed by atoms with E-state index >= 15 is 0 Å². The van der Waals surface area contributed by atoms with E-state index in [1.807, 2.05) is 32.9 Å². The Kier molecular flexibility index (Phi) is 9.71. The first-order valence-electron chi connectivity index (χ1n) is 12.1. The Morgan fingerprint density at radius 2 is 1.92 bits per heavy atom. The Morgan fingerprint density at radius 3 is 2.58 bits per heavy atom. The van der Waals surface area contributed by atoms with Gasteiger partial charge in [0.1, 0.15) is 24.4 Å². The van der Waals surface area contributed by atoms with Crippen LogP contribution in [0.4, 0.5) is 5.69 Å². The highest BCUT2D eigenvalue weighted by atomic mass is 32.2. The van der Waals surface area contributed by atoms with E-state index < -0.39 is 42.3 Å². The van der Waals surface area contributed by atoms with Crippen LogP contribution in [0.25, 0.3) is 11.1 Å². The van der Waals surface area contributed by atoms with Crippen molar-refractivity contribution in [2.24, 2.45) is 5.41 Å². The number of hydrogen-bond donors (Lipinski definition) is 5. The first-order chi connectivity index (χ1) is 17.9. The molecule has 0 bridgehead atoms.